The third-order valence-corrected chi connectivity index (χ3v) is 3.18. The van der Waals surface area contributed by atoms with Crippen LogP contribution in [-0.2, 0) is 14.3 Å². The zero-order valence-corrected chi connectivity index (χ0v) is 11.2. The molecule has 3 N–H and O–H groups in total. The maximum Gasteiger partial charge on any atom is 0.340 e. The Morgan fingerprint density at radius 3 is 2.62 bits per heavy atom. The Hall–Kier alpha value is -2.06. The lowest BCUT2D eigenvalue weighted by atomic mass is 10.0. The van der Waals surface area contributed by atoms with Crippen molar-refractivity contribution in [1.29, 1.82) is 0 Å². The monoisotopic (exact) mass is 300 g/mol. The number of hydrogen-bond donors (Lipinski definition) is 2. The van der Waals surface area contributed by atoms with Crippen LogP contribution in [0.4, 0.5) is 14.5 Å². The van der Waals surface area contributed by atoms with Crippen LogP contribution in [0, 0.1) is 17.6 Å². The van der Waals surface area contributed by atoms with Gasteiger partial charge in [0.25, 0.3) is 0 Å². The number of nitrogens with one attached hydrogen (secondary N) is 1. The Morgan fingerprint density at radius 1 is 1.33 bits per heavy atom. The molecule has 1 aliphatic heterocycles. The molecule has 8 heteroatoms. The summed E-state index contributed by atoms with van der Waals surface area (Å²) >= 11 is 0. The van der Waals surface area contributed by atoms with E-state index in [0.717, 1.165) is 13.2 Å². The number of ether oxygens (including phenoxy) is 2. The van der Waals surface area contributed by atoms with Crippen molar-refractivity contribution < 1.29 is 27.8 Å². The summed E-state index contributed by atoms with van der Waals surface area (Å²) in [5.74, 6) is -4.22. The van der Waals surface area contributed by atoms with E-state index in [2.05, 4.69) is 10.1 Å². The largest absolute Gasteiger partial charge is 0.465 e. The van der Waals surface area contributed by atoms with Crippen molar-refractivity contribution in [3.05, 3.63) is 29.3 Å². The highest BCUT2D eigenvalue weighted by atomic mass is 19.1. The Kier molecular flexibility index (Phi) is 4.49. The van der Waals surface area contributed by atoms with E-state index >= 15 is 0 Å². The standard InChI is InChI=1S/C13H14F2N2O4/c1-20-13(19)6-2-11(9(15)3-8(6)14)17-12(18)7-4-21-5-10(7)16/h2-3,7,10H,4-5,16H2,1H3,(H,17,18). The first-order valence-electron chi connectivity index (χ1n) is 6.15. The lowest BCUT2D eigenvalue weighted by molar-refractivity contribution is -0.120. The Balaban J connectivity index is 2.23. The number of benzene rings is 1. The van der Waals surface area contributed by atoms with Gasteiger partial charge in [-0.25, -0.2) is 13.6 Å². The predicted octanol–water partition coefficient (Wildman–Crippen LogP) is 0.664. The minimum absolute atomic E-state index is 0.125. The van der Waals surface area contributed by atoms with E-state index in [0.29, 0.717) is 6.07 Å². The summed E-state index contributed by atoms with van der Waals surface area (Å²) in [4.78, 5) is 23.3. The molecule has 2 unspecified atom stereocenters. The Bertz CT molecular complexity index is 580. The van der Waals surface area contributed by atoms with Gasteiger partial charge in [-0.05, 0) is 6.07 Å². The lowest BCUT2D eigenvalue weighted by Crippen LogP contribution is -2.37. The van der Waals surface area contributed by atoms with Gasteiger partial charge in [0.2, 0.25) is 5.91 Å². The van der Waals surface area contributed by atoms with Gasteiger partial charge in [-0.3, -0.25) is 4.79 Å². The minimum atomic E-state index is -1.07. The Labute approximate surface area is 119 Å². The molecule has 0 saturated carbocycles. The second-order valence-electron chi connectivity index (χ2n) is 4.60. The van der Waals surface area contributed by atoms with E-state index in [1.54, 1.807) is 0 Å². The van der Waals surface area contributed by atoms with Crippen molar-refractivity contribution in [3.8, 4) is 0 Å². The highest BCUT2D eigenvalue weighted by molar-refractivity contribution is 5.96. The molecule has 114 valence electrons. The summed E-state index contributed by atoms with van der Waals surface area (Å²) < 4.78 is 36.6. The van der Waals surface area contributed by atoms with E-state index in [1.165, 1.54) is 0 Å². The van der Waals surface area contributed by atoms with Gasteiger partial charge in [-0.1, -0.05) is 0 Å². The number of hydrogen-bond acceptors (Lipinski definition) is 5. The number of anilines is 1. The first-order valence-corrected chi connectivity index (χ1v) is 6.15. The summed E-state index contributed by atoms with van der Waals surface area (Å²) in [6.45, 7) is 0.358. The van der Waals surface area contributed by atoms with E-state index in [4.69, 9.17) is 10.5 Å². The fourth-order valence-corrected chi connectivity index (χ4v) is 1.98. The molecule has 0 bridgehead atoms. The van der Waals surface area contributed by atoms with Gasteiger partial charge in [0.15, 0.2) is 0 Å². The minimum Gasteiger partial charge on any atom is -0.465 e. The van der Waals surface area contributed by atoms with E-state index in [1.807, 2.05) is 0 Å². The first-order chi connectivity index (χ1) is 9.93. The van der Waals surface area contributed by atoms with Gasteiger partial charge < -0.3 is 20.5 Å². The highest BCUT2D eigenvalue weighted by Gasteiger charge is 2.32. The number of methoxy groups -OCH3 is 1. The lowest BCUT2D eigenvalue weighted by Gasteiger charge is -2.14. The molecule has 21 heavy (non-hydrogen) atoms. The molecule has 6 nitrogen and oxygen atoms in total. The average Bonchev–Trinajstić information content (AvgIpc) is 2.87. The fourth-order valence-electron chi connectivity index (χ4n) is 1.98. The van der Waals surface area contributed by atoms with Crippen molar-refractivity contribution in [2.75, 3.05) is 25.6 Å². The highest BCUT2D eigenvalue weighted by Crippen LogP contribution is 2.22. The van der Waals surface area contributed by atoms with Crippen molar-refractivity contribution in [1.82, 2.24) is 0 Å². The van der Waals surface area contributed by atoms with E-state index in [9.17, 15) is 18.4 Å². The van der Waals surface area contributed by atoms with Gasteiger partial charge in [-0.2, -0.15) is 0 Å². The van der Waals surface area contributed by atoms with Crippen molar-refractivity contribution >= 4 is 17.6 Å². The topological polar surface area (TPSA) is 90.6 Å². The molecular formula is C13H14F2N2O4. The zero-order chi connectivity index (χ0) is 15.6. The second kappa shape index (κ2) is 6.15. The summed E-state index contributed by atoms with van der Waals surface area (Å²) in [5, 5.41) is 2.28. The Morgan fingerprint density at radius 2 is 2.05 bits per heavy atom. The molecule has 1 aliphatic rings. The van der Waals surface area contributed by atoms with Crippen LogP contribution in [0.25, 0.3) is 0 Å². The van der Waals surface area contributed by atoms with Gasteiger partial charge in [0.1, 0.15) is 11.6 Å². The van der Waals surface area contributed by atoms with Crippen LogP contribution in [-0.4, -0.2) is 38.2 Å². The SMILES string of the molecule is COC(=O)c1cc(NC(=O)C2COCC2N)c(F)cc1F. The molecule has 2 atom stereocenters. The van der Waals surface area contributed by atoms with Crippen LogP contribution < -0.4 is 11.1 Å². The molecule has 2 rings (SSSR count). The van der Waals surface area contributed by atoms with E-state index < -0.39 is 41.0 Å². The quantitative estimate of drug-likeness (QED) is 0.800. The third-order valence-electron chi connectivity index (χ3n) is 3.18. The molecule has 0 aromatic heterocycles. The number of carbonyl (C=O) groups excluding carboxylic acids is 2. The second-order valence-corrected chi connectivity index (χ2v) is 4.60. The fraction of sp³-hybridized carbons (Fsp3) is 0.385. The number of halogens is 2. The van der Waals surface area contributed by atoms with Crippen LogP contribution in [0.1, 0.15) is 10.4 Å². The smallest absolute Gasteiger partial charge is 0.340 e. The molecule has 1 saturated heterocycles. The summed E-state index contributed by atoms with van der Waals surface area (Å²) in [7, 11) is 1.07. The van der Waals surface area contributed by atoms with Crippen LogP contribution in [0.3, 0.4) is 0 Å². The third kappa shape index (κ3) is 3.17. The molecule has 0 aliphatic carbocycles. The molecule has 1 amide bonds. The summed E-state index contributed by atoms with van der Waals surface area (Å²) in [5.41, 5.74) is 4.89. The van der Waals surface area contributed by atoms with Crippen molar-refractivity contribution in [2.45, 2.75) is 6.04 Å². The number of esters is 1. The van der Waals surface area contributed by atoms with Gasteiger partial charge in [-0.15, -0.1) is 0 Å². The summed E-state index contributed by atoms with van der Waals surface area (Å²) in [6, 6.07) is 0.899. The molecule has 1 aromatic rings. The summed E-state index contributed by atoms with van der Waals surface area (Å²) in [6.07, 6.45) is 0. The number of carbonyl (C=O) groups is 2. The van der Waals surface area contributed by atoms with Crippen molar-refractivity contribution in [2.24, 2.45) is 11.7 Å². The van der Waals surface area contributed by atoms with Crippen LogP contribution in [0.15, 0.2) is 12.1 Å². The molecule has 0 spiro atoms. The molecule has 0 radical (unpaired) electrons. The van der Waals surface area contributed by atoms with Crippen LogP contribution in [0.2, 0.25) is 0 Å². The maximum atomic E-state index is 13.7. The van der Waals surface area contributed by atoms with Crippen LogP contribution >= 0.6 is 0 Å². The maximum absolute atomic E-state index is 13.7. The van der Waals surface area contributed by atoms with Crippen molar-refractivity contribution in [3.63, 3.8) is 0 Å². The van der Waals surface area contributed by atoms with Gasteiger partial charge in [0.05, 0.1) is 37.5 Å². The average molecular weight is 300 g/mol. The normalized spacial score (nSPS) is 21.1. The van der Waals surface area contributed by atoms with Gasteiger partial charge in [0, 0.05) is 12.1 Å². The first kappa shape index (κ1) is 15.3. The zero-order valence-electron chi connectivity index (χ0n) is 11.2. The van der Waals surface area contributed by atoms with Crippen LogP contribution in [0.5, 0.6) is 0 Å². The molecule has 1 aromatic carbocycles. The number of rotatable bonds is 3. The molecule has 1 fully saturated rings. The van der Waals surface area contributed by atoms with E-state index in [-0.39, 0.29) is 18.9 Å². The predicted molar refractivity (Wildman–Crippen MR) is 68.6 cm³/mol. The number of amides is 1. The molecule has 1 heterocycles. The number of nitrogens with two attached hydrogens (primary N) is 1. The molecular weight excluding hydrogens is 286 g/mol. The van der Waals surface area contributed by atoms with Gasteiger partial charge >= 0.3 is 5.97 Å².